The summed E-state index contributed by atoms with van der Waals surface area (Å²) in [5.41, 5.74) is 2.46. The van der Waals surface area contributed by atoms with Crippen molar-refractivity contribution in [1.29, 1.82) is 0 Å². The SMILES string of the molecule is CCN1CCN(C(=O)c2ccnc(C(=O)Nc3ccccc3C)c2)CC1. The van der Waals surface area contributed by atoms with Gasteiger partial charge in [-0.05, 0) is 37.2 Å². The van der Waals surface area contributed by atoms with Gasteiger partial charge < -0.3 is 15.1 Å². The zero-order valence-corrected chi connectivity index (χ0v) is 15.2. The Balaban J connectivity index is 1.71. The summed E-state index contributed by atoms with van der Waals surface area (Å²) in [6, 6.07) is 10.8. The quantitative estimate of drug-likeness (QED) is 0.918. The van der Waals surface area contributed by atoms with Crippen LogP contribution in [0.4, 0.5) is 5.69 Å². The number of nitrogens with one attached hydrogen (secondary N) is 1. The minimum Gasteiger partial charge on any atom is -0.336 e. The monoisotopic (exact) mass is 352 g/mol. The molecule has 26 heavy (non-hydrogen) atoms. The van der Waals surface area contributed by atoms with Gasteiger partial charge in [0.25, 0.3) is 11.8 Å². The number of aromatic nitrogens is 1. The highest BCUT2D eigenvalue weighted by atomic mass is 16.2. The lowest BCUT2D eigenvalue weighted by molar-refractivity contribution is 0.0643. The van der Waals surface area contributed by atoms with Crippen molar-refractivity contribution in [3.63, 3.8) is 0 Å². The summed E-state index contributed by atoms with van der Waals surface area (Å²) in [6.45, 7) is 8.24. The van der Waals surface area contributed by atoms with E-state index >= 15 is 0 Å². The van der Waals surface area contributed by atoms with Crippen LogP contribution in [-0.2, 0) is 0 Å². The lowest BCUT2D eigenvalue weighted by Gasteiger charge is -2.34. The normalized spacial score (nSPS) is 14.9. The Kier molecular flexibility index (Phi) is 5.63. The Morgan fingerprint density at radius 2 is 1.85 bits per heavy atom. The molecule has 1 aliphatic heterocycles. The molecule has 6 nitrogen and oxygen atoms in total. The van der Waals surface area contributed by atoms with Crippen LogP contribution in [0.1, 0.15) is 33.3 Å². The molecule has 2 amide bonds. The van der Waals surface area contributed by atoms with Crippen molar-refractivity contribution in [2.24, 2.45) is 0 Å². The van der Waals surface area contributed by atoms with E-state index in [-0.39, 0.29) is 17.5 Å². The van der Waals surface area contributed by atoms with Gasteiger partial charge in [-0.1, -0.05) is 25.1 Å². The summed E-state index contributed by atoms with van der Waals surface area (Å²) >= 11 is 0. The molecule has 1 aromatic carbocycles. The van der Waals surface area contributed by atoms with Crippen LogP contribution < -0.4 is 5.32 Å². The van der Waals surface area contributed by atoms with E-state index in [4.69, 9.17) is 0 Å². The third-order valence-electron chi connectivity index (χ3n) is 4.74. The van der Waals surface area contributed by atoms with Gasteiger partial charge in [0.2, 0.25) is 0 Å². The first-order chi connectivity index (χ1) is 12.6. The number of hydrogen-bond acceptors (Lipinski definition) is 4. The van der Waals surface area contributed by atoms with Gasteiger partial charge >= 0.3 is 0 Å². The molecule has 1 saturated heterocycles. The molecule has 6 heteroatoms. The second-order valence-electron chi connectivity index (χ2n) is 6.43. The van der Waals surface area contributed by atoms with E-state index in [0.29, 0.717) is 18.7 Å². The van der Waals surface area contributed by atoms with Crippen molar-refractivity contribution in [2.75, 3.05) is 38.0 Å². The maximum absolute atomic E-state index is 12.7. The third-order valence-corrected chi connectivity index (χ3v) is 4.74. The van der Waals surface area contributed by atoms with E-state index < -0.39 is 0 Å². The summed E-state index contributed by atoms with van der Waals surface area (Å²) in [5.74, 6) is -0.363. The lowest BCUT2D eigenvalue weighted by atomic mass is 10.1. The Labute approximate surface area is 153 Å². The molecule has 1 fully saturated rings. The number of pyridine rings is 1. The zero-order chi connectivity index (χ0) is 18.5. The number of carbonyl (C=O) groups is 2. The number of likely N-dealkylation sites (N-methyl/N-ethyl adjacent to an activating group) is 1. The van der Waals surface area contributed by atoms with Gasteiger partial charge in [-0.2, -0.15) is 0 Å². The topological polar surface area (TPSA) is 65.5 Å². The zero-order valence-electron chi connectivity index (χ0n) is 15.2. The Hall–Kier alpha value is -2.73. The number of para-hydroxylation sites is 1. The first kappa shape index (κ1) is 18.1. The number of carbonyl (C=O) groups excluding carboxylic acids is 2. The number of benzene rings is 1. The maximum Gasteiger partial charge on any atom is 0.274 e. The standard InChI is InChI=1S/C20H24N4O2/c1-3-23-10-12-24(13-11-23)20(26)16-8-9-21-18(14-16)19(25)22-17-7-5-4-6-15(17)2/h4-9,14H,3,10-13H2,1-2H3,(H,22,25). The summed E-state index contributed by atoms with van der Waals surface area (Å²) in [7, 11) is 0. The smallest absolute Gasteiger partial charge is 0.274 e. The Morgan fingerprint density at radius 3 is 2.54 bits per heavy atom. The predicted octanol–water partition coefficient (Wildman–Crippen LogP) is 2.42. The number of piperazine rings is 1. The minimum absolute atomic E-state index is 0.0481. The second-order valence-corrected chi connectivity index (χ2v) is 6.43. The van der Waals surface area contributed by atoms with Gasteiger partial charge in [-0.25, -0.2) is 0 Å². The van der Waals surface area contributed by atoms with E-state index in [1.165, 1.54) is 6.20 Å². The highest BCUT2D eigenvalue weighted by Crippen LogP contribution is 2.15. The van der Waals surface area contributed by atoms with Crippen LogP contribution in [0, 0.1) is 6.92 Å². The van der Waals surface area contributed by atoms with Gasteiger partial charge in [0.05, 0.1) is 0 Å². The van der Waals surface area contributed by atoms with Crippen LogP contribution in [0.3, 0.4) is 0 Å². The highest BCUT2D eigenvalue weighted by Gasteiger charge is 2.22. The summed E-state index contributed by atoms with van der Waals surface area (Å²) in [4.78, 5) is 33.5. The van der Waals surface area contributed by atoms with Crippen molar-refractivity contribution >= 4 is 17.5 Å². The molecule has 1 N–H and O–H groups in total. The molecule has 0 aliphatic carbocycles. The molecule has 136 valence electrons. The third kappa shape index (κ3) is 4.08. The van der Waals surface area contributed by atoms with Crippen molar-refractivity contribution in [1.82, 2.24) is 14.8 Å². The molecule has 1 aromatic heterocycles. The molecular formula is C20H24N4O2. The van der Waals surface area contributed by atoms with E-state index in [2.05, 4.69) is 22.1 Å². The molecule has 1 aliphatic rings. The number of rotatable bonds is 4. The van der Waals surface area contributed by atoms with Crippen LogP contribution >= 0.6 is 0 Å². The second kappa shape index (κ2) is 8.10. The number of aryl methyl sites for hydroxylation is 1. The largest absolute Gasteiger partial charge is 0.336 e. The minimum atomic E-state index is -0.315. The molecular weight excluding hydrogens is 328 g/mol. The molecule has 0 atom stereocenters. The molecule has 2 heterocycles. The Morgan fingerprint density at radius 1 is 1.12 bits per heavy atom. The highest BCUT2D eigenvalue weighted by molar-refractivity contribution is 6.05. The molecule has 0 unspecified atom stereocenters. The fourth-order valence-corrected chi connectivity index (χ4v) is 3.04. The number of amides is 2. The number of hydrogen-bond donors (Lipinski definition) is 1. The number of anilines is 1. The molecule has 0 spiro atoms. The van der Waals surface area contributed by atoms with E-state index in [1.807, 2.05) is 36.1 Å². The fraction of sp³-hybridized carbons (Fsp3) is 0.350. The molecule has 0 saturated carbocycles. The van der Waals surface area contributed by atoms with Crippen LogP contribution in [-0.4, -0.2) is 59.3 Å². The lowest BCUT2D eigenvalue weighted by Crippen LogP contribution is -2.48. The summed E-state index contributed by atoms with van der Waals surface area (Å²) in [6.07, 6.45) is 1.52. The average Bonchev–Trinajstić information content (AvgIpc) is 2.69. The average molecular weight is 352 g/mol. The summed E-state index contributed by atoms with van der Waals surface area (Å²) < 4.78 is 0. The van der Waals surface area contributed by atoms with Gasteiger partial charge in [0.15, 0.2) is 0 Å². The maximum atomic E-state index is 12.7. The predicted molar refractivity (Wildman–Crippen MR) is 101 cm³/mol. The number of nitrogens with zero attached hydrogens (tertiary/aromatic N) is 3. The Bertz CT molecular complexity index is 798. The van der Waals surface area contributed by atoms with Crippen molar-refractivity contribution < 1.29 is 9.59 Å². The molecule has 0 radical (unpaired) electrons. The van der Waals surface area contributed by atoms with Crippen LogP contribution in [0.2, 0.25) is 0 Å². The van der Waals surface area contributed by atoms with Gasteiger partial charge in [-0.15, -0.1) is 0 Å². The van der Waals surface area contributed by atoms with E-state index in [0.717, 1.165) is 30.9 Å². The van der Waals surface area contributed by atoms with Gasteiger partial charge in [-0.3, -0.25) is 14.6 Å². The fourth-order valence-electron chi connectivity index (χ4n) is 3.04. The van der Waals surface area contributed by atoms with Gasteiger partial charge in [0.1, 0.15) is 5.69 Å². The van der Waals surface area contributed by atoms with Crippen LogP contribution in [0.5, 0.6) is 0 Å². The first-order valence-electron chi connectivity index (χ1n) is 8.93. The van der Waals surface area contributed by atoms with Crippen LogP contribution in [0.15, 0.2) is 42.6 Å². The molecule has 3 rings (SSSR count). The van der Waals surface area contributed by atoms with Crippen molar-refractivity contribution in [3.05, 3.63) is 59.4 Å². The van der Waals surface area contributed by atoms with Gasteiger partial charge in [0, 0.05) is 43.6 Å². The molecule has 2 aromatic rings. The van der Waals surface area contributed by atoms with E-state index in [1.54, 1.807) is 12.1 Å². The van der Waals surface area contributed by atoms with E-state index in [9.17, 15) is 9.59 Å². The summed E-state index contributed by atoms with van der Waals surface area (Å²) in [5, 5.41) is 2.85. The molecule has 0 bridgehead atoms. The first-order valence-corrected chi connectivity index (χ1v) is 8.93. The van der Waals surface area contributed by atoms with Crippen molar-refractivity contribution in [2.45, 2.75) is 13.8 Å². The van der Waals surface area contributed by atoms with Crippen LogP contribution in [0.25, 0.3) is 0 Å². The van der Waals surface area contributed by atoms with Crippen molar-refractivity contribution in [3.8, 4) is 0 Å².